The van der Waals surface area contributed by atoms with Gasteiger partial charge in [0.1, 0.15) is 0 Å². The second kappa shape index (κ2) is 8.70. The molecule has 0 aliphatic carbocycles. The fraction of sp³-hybridized carbons (Fsp3) is 0.300. The second-order valence-electron chi connectivity index (χ2n) is 6.48. The predicted octanol–water partition coefficient (Wildman–Crippen LogP) is 4.63. The third kappa shape index (κ3) is 4.51. The molecule has 0 spiro atoms. The number of nitrogens with zero attached hydrogens (tertiary/aromatic N) is 4. The van der Waals surface area contributed by atoms with Crippen LogP contribution < -0.4 is 5.32 Å². The lowest BCUT2D eigenvalue weighted by Gasteiger charge is -2.12. The highest BCUT2D eigenvalue weighted by atomic mass is 32.2. The van der Waals surface area contributed by atoms with Crippen molar-refractivity contribution in [2.45, 2.75) is 44.6 Å². The summed E-state index contributed by atoms with van der Waals surface area (Å²) in [7, 11) is 0. The van der Waals surface area contributed by atoms with Crippen molar-refractivity contribution in [2.75, 3.05) is 5.32 Å². The number of benzene rings is 1. The number of hydrogen-bond donors (Lipinski definition) is 1. The third-order valence-corrected chi connectivity index (χ3v) is 6.28. The molecule has 2 heterocycles. The maximum absolute atomic E-state index is 12.6. The van der Waals surface area contributed by atoms with Gasteiger partial charge in [0.15, 0.2) is 16.1 Å². The number of nitrogens with one attached hydrogen (secondary N) is 1. The number of amides is 1. The van der Waals surface area contributed by atoms with Crippen LogP contribution >= 0.6 is 23.1 Å². The standard InChI is InChI=1S/C20H23N5OS2/c1-6-10-25-17(16-9-7-8-12(2)11-16)23-24-20(25)28-15(5)18(26)22-19-21-13(3)14(4)27-19/h6-9,11,15H,1,10H2,2-5H3,(H,21,22,26). The number of aromatic nitrogens is 4. The van der Waals surface area contributed by atoms with E-state index in [1.54, 1.807) is 6.08 Å². The van der Waals surface area contributed by atoms with E-state index in [0.29, 0.717) is 16.8 Å². The molecule has 0 saturated carbocycles. The second-order valence-corrected chi connectivity index (χ2v) is 9.00. The molecule has 0 bridgehead atoms. The van der Waals surface area contributed by atoms with E-state index in [4.69, 9.17) is 0 Å². The topological polar surface area (TPSA) is 72.7 Å². The maximum atomic E-state index is 12.6. The Morgan fingerprint density at radius 2 is 2.14 bits per heavy atom. The van der Waals surface area contributed by atoms with Gasteiger partial charge >= 0.3 is 0 Å². The molecule has 0 aliphatic heterocycles. The van der Waals surface area contributed by atoms with Gasteiger partial charge in [-0.25, -0.2) is 4.98 Å². The van der Waals surface area contributed by atoms with E-state index < -0.39 is 0 Å². The minimum Gasteiger partial charge on any atom is -0.301 e. The molecule has 1 N–H and O–H groups in total. The summed E-state index contributed by atoms with van der Waals surface area (Å²) >= 11 is 2.86. The summed E-state index contributed by atoms with van der Waals surface area (Å²) in [6, 6.07) is 8.12. The van der Waals surface area contributed by atoms with Crippen molar-refractivity contribution in [2.24, 2.45) is 0 Å². The molecule has 3 aromatic rings. The molecule has 1 aromatic carbocycles. The third-order valence-electron chi connectivity index (χ3n) is 4.21. The molecular formula is C20H23N5OS2. The molecule has 28 heavy (non-hydrogen) atoms. The number of anilines is 1. The summed E-state index contributed by atoms with van der Waals surface area (Å²) in [5, 5.41) is 12.5. The number of thiazole rings is 1. The number of carbonyl (C=O) groups excluding carboxylic acids is 1. The molecule has 146 valence electrons. The molecule has 0 aliphatic rings. The minimum atomic E-state index is -0.345. The van der Waals surface area contributed by atoms with Crippen LogP contribution in [0.15, 0.2) is 42.1 Å². The van der Waals surface area contributed by atoms with E-state index in [0.717, 1.165) is 27.5 Å². The van der Waals surface area contributed by atoms with Crippen molar-refractivity contribution in [3.8, 4) is 11.4 Å². The SMILES string of the molecule is C=CCn1c(SC(C)C(=O)Nc2nc(C)c(C)s2)nnc1-c1cccc(C)c1. The fourth-order valence-electron chi connectivity index (χ4n) is 2.61. The van der Waals surface area contributed by atoms with Gasteiger partial charge < -0.3 is 5.32 Å². The van der Waals surface area contributed by atoms with E-state index >= 15 is 0 Å². The molecule has 0 saturated heterocycles. The quantitative estimate of drug-likeness (QED) is 0.451. The summed E-state index contributed by atoms with van der Waals surface area (Å²) in [6.45, 7) is 12.2. The van der Waals surface area contributed by atoms with E-state index in [9.17, 15) is 4.79 Å². The average Bonchev–Trinajstić information content (AvgIpc) is 3.18. The van der Waals surface area contributed by atoms with Gasteiger partial charge in [-0.2, -0.15) is 0 Å². The van der Waals surface area contributed by atoms with Gasteiger partial charge in [0.2, 0.25) is 5.91 Å². The van der Waals surface area contributed by atoms with E-state index in [-0.39, 0.29) is 11.2 Å². The number of aryl methyl sites for hydroxylation is 3. The molecule has 0 radical (unpaired) electrons. The summed E-state index contributed by atoms with van der Waals surface area (Å²) in [5.41, 5.74) is 3.09. The van der Waals surface area contributed by atoms with Crippen LogP contribution in [0.3, 0.4) is 0 Å². The van der Waals surface area contributed by atoms with Gasteiger partial charge in [-0.15, -0.1) is 28.1 Å². The maximum Gasteiger partial charge on any atom is 0.239 e. The zero-order valence-corrected chi connectivity index (χ0v) is 18.0. The highest BCUT2D eigenvalue weighted by molar-refractivity contribution is 8.00. The van der Waals surface area contributed by atoms with Gasteiger partial charge in [-0.1, -0.05) is 41.6 Å². The smallest absolute Gasteiger partial charge is 0.239 e. The first-order valence-electron chi connectivity index (χ1n) is 8.91. The monoisotopic (exact) mass is 413 g/mol. The molecule has 1 unspecified atom stereocenters. The number of thioether (sulfide) groups is 1. The summed E-state index contributed by atoms with van der Waals surface area (Å²) in [6.07, 6.45) is 1.80. The lowest BCUT2D eigenvalue weighted by Crippen LogP contribution is -2.22. The summed E-state index contributed by atoms with van der Waals surface area (Å²) in [5.74, 6) is 0.661. The Kier molecular flexibility index (Phi) is 6.31. The Hall–Kier alpha value is -2.45. The Morgan fingerprint density at radius 3 is 2.79 bits per heavy atom. The number of carbonyl (C=O) groups is 1. The predicted molar refractivity (Wildman–Crippen MR) is 116 cm³/mol. The van der Waals surface area contributed by atoms with Crippen molar-refractivity contribution >= 4 is 34.1 Å². The lowest BCUT2D eigenvalue weighted by molar-refractivity contribution is -0.115. The van der Waals surface area contributed by atoms with E-state index in [2.05, 4.69) is 33.1 Å². The highest BCUT2D eigenvalue weighted by Crippen LogP contribution is 2.28. The number of hydrogen-bond acceptors (Lipinski definition) is 6. The highest BCUT2D eigenvalue weighted by Gasteiger charge is 2.21. The molecule has 8 heteroatoms. The lowest BCUT2D eigenvalue weighted by atomic mass is 10.1. The number of allylic oxidation sites excluding steroid dienone is 1. The van der Waals surface area contributed by atoms with Crippen LogP contribution in [0.1, 0.15) is 23.1 Å². The Morgan fingerprint density at radius 1 is 1.36 bits per heavy atom. The van der Waals surface area contributed by atoms with Crippen LogP contribution in [0.2, 0.25) is 0 Å². The zero-order valence-electron chi connectivity index (χ0n) is 16.4. The molecule has 0 fully saturated rings. The normalized spacial score (nSPS) is 12.0. The molecular weight excluding hydrogens is 390 g/mol. The van der Waals surface area contributed by atoms with Gasteiger partial charge in [0, 0.05) is 17.0 Å². The van der Waals surface area contributed by atoms with Gasteiger partial charge in [-0.3, -0.25) is 9.36 Å². The van der Waals surface area contributed by atoms with Crippen LogP contribution in [0, 0.1) is 20.8 Å². The Labute approximate surface area is 173 Å². The van der Waals surface area contributed by atoms with Crippen LogP contribution in [0.4, 0.5) is 5.13 Å². The largest absolute Gasteiger partial charge is 0.301 e. The van der Waals surface area contributed by atoms with Crippen molar-refractivity contribution in [1.82, 2.24) is 19.7 Å². The van der Waals surface area contributed by atoms with E-state index in [1.165, 1.54) is 23.1 Å². The average molecular weight is 414 g/mol. The summed E-state index contributed by atoms with van der Waals surface area (Å²) < 4.78 is 1.98. The van der Waals surface area contributed by atoms with Crippen LogP contribution in [0.25, 0.3) is 11.4 Å². The van der Waals surface area contributed by atoms with Gasteiger partial charge in [-0.05, 0) is 33.8 Å². The molecule has 1 atom stereocenters. The number of rotatable bonds is 7. The first kappa shape index (κ1) is 20.3. The van der Waals surface area contributed by atoms with E-state index in [1.807, 2.05) is 50.5 Å². The van der Waals surface area contributed by atoms with Gasteiger partial charge in [0.05, 0.1) is 10.9 Å². The minimum absolute atomic E-state index is 0.107. The fourth-order valence-corrected chi connectivity index (χ4v) is 4.29. The molecule has 2 aromatic heterocycles. The molecule has 1 amide bonds. The van der Waals surface area contributed by atoms with Crippen molar-refractivity contribution < 1.29 is 4.79 Å². The summed E-state index contributed by atoms with van der Waals surface area (Å²) in [4.78, 5) is 18.1. The first-order valence-corrected chi connectivity index (χ1v) is 10.6. The first-order chi connectivity index (χ1) is 13.4. The Balaban J connectivity index is 1.79. The Bertz CT molecular complexity index is 988. The van der Waals surface area contributed by atoms with Crippen LogP contribution in [0.5, 0.6) is 0 Å². The van der Waals surface area contributed by atoms with Crippen LogP contribution in [-0.4, -0.2) is 30.9 Å². The van der Waals surface area contributed by atoms with Crippen molar-refractivity contribution in [3.05, 3.63) is 53.1 Å². The molecule has 3 rings (SSSR count). The van der Waals surface area contributed by atoms with Crippen molar-refractivity contribution in [1.29, 1.82) is 0 Å². The zero-order chi connectivity index (χ0) is 20.3. The van der Waals surface area contributed by atoms with Gasteiger partial charge in [0.25, 0.3) is 0 Å². The molecule has 6 nitrogen and oxygen atoms in total. The van der Waals surface area contributed by atoms with Crippen molar-refractivity contribution in [3.63, 3.8) is 0 Å². The van der Waals surface area contributed by atoms with Crippen LogP contribution in [-0.2, 0) is 11.3 Å².